The molecule has 17 heavy (non-hydrogen) atoms. The third-order valence-electron chi connectivity index (χ3n) is 2.59. The predicted octanol–water partition coefficient (Wildman–Crippen LogP) is -0.0765. The van der Waals surface area contributed by atoms with Gasteiger partial charge in [-0.25, -0.2) is 15.0 Å². The van der Waals surface area contributed by atoms with Crippen LogP contribution in [-0.2, 0) is 4.74 Å². The van der Waals surface area contributed by atoms with Crippen LogP contribution in [0.25, 0.3) is 11.2 Å². The molecular formula is C10H11N5O2. The fraction of sp³-hybridized carbons (Fsp3) is 0.300. The molecule has 0 bridgehead atoms. The third-order valence-corrected chi connectivity index (χ3v) is 2.59. The largest absolute Gasteiger partial charge is 0.393 e. The number of nitrogen functional groups attached to an aromatic ring is 1. The Kier molecular flexibility index (Phi) is 2.27. The summed E-state index contributed by atoms with van der Waals surface area (Å²) in [7, 11) is 0. The fourth-order valence-corrected chi connectivity index (χ4v) is 1.76. The van der Waals surface area contributed by atoms with Gasteiger partial charge in [0.25, 0.3) is 0 Å². The number of anilines is 1. The Hall–Kier alpha value is -1.99. The minimum Gasteiger partial charge on any atom is -0.393 e. The van der Waals surface area contributed by atoms with E-state index in [1.54, 1.807) is 12.2 Å². The first-order valence-electron chi connectivity index (χ1n) is 5.19. The first-order chi connectivity index (χ1) is 8.28. The molecule has 1 unspecified atom stereocenters. The highest BCUT2D eigenvalue weighted by Crippen LogP contribution is 2.26. The van der Waals surface area contributed by atoms with Crippen molar-refractivity contribution >= 4 is 17.0 Å². The molecule has 7 heteroatoms. The van der Waals surface area contributed by atoms with E-state index in [9.17, 15) is 0 Å². The average molecular weight is 233 g/mol. The zero-order valence-corrected chi connectivity index (χ0v) is 8.87. The smallest absolute Gasteiger partial charge is 0.183 e. The van der Waals surface area contributed by atoms with Crippen LogP contribution in [0, 0.1) is 0 Å². The van der Waals surface area contributed by atoms with Gasteiger partial charge >= 0.3 is 0 Å². The van der Waals surface area contributed by atoms with Crippen molar-refractivity contribution in [3.8, 4) is 0 Å². The van der Waals surface area contributed by atoms with Crippen molar-refractivity contribution in [2.45, 2.75) is 12.2 Å². The van der Waals surface area contributed by atoms with Crippen LogP contribution in [0.1, 0.15) is 11.9 Å². The second kappa shape index (κ2) is 3.79. The molecule has 2 aromatic heterocycles. The van der Waals surface area contributed by atoms with Crippen LogP contribution < -0.4 is 5.73 Å². The van der Waals surface area contributed by atoms with Crippen LogP contribution in [0.2, 0.25) is 0 Å². The number of imidazole rings is 1. The molecule has 2 atom stereocenters. The summed E-state index contributed by atoms with van der Waals surface area (Å²) in [5.41, 5.74) is 6.92. The van der Waals surface area contributed by atoms with Gasteiger partial charge in [-0.15, -0.1) is 0 Å². The molecule has 4 N–H and O–H groups in total. The minimum absolute atomic E-state index is 0.0624. The number of aromatic nitrogens is 4. The van der Waals surface area contributed by atoms with Gasteiger partial charge in [0.05, 0.1) is 12.9 Å². The first kappa shape index (κ1) is 10.2. The average Bonchev–Trinajstić information content (AvgIpc) is 2.97. The highest BCUT2D eigenvalue weighted by atomic mass is 16.5. The zero-order chi connectivity index (χ0) is 11.8. The number of hydrogen-bond donors (Lipinski definition) is 3. The highest BCUT2D eigenvalue weighted by Gasteiger charge is 2.23. The molecule has 0 fully saturated rings. The lowest BCUT2D eigenvalue weighted by atomic mass is 10.3. The number of aliphatic hydroxyl groups excluding tert-OH is 1. The molecular weight excluding hydrogens is 222 g/mol. The van der Waals surface area contributed by atoms with Crippen LogP contribution in [0.15, 0.2) is 18.5 Å². The van der Waals surface area contributed by atoms with Gasteiger partial charge in [-0.1, -0.05) is 6.08 Å². The Labute approximate surface area is 96.4 Å². The summed E-state index contributed by atoms with van der Waals surface area (Å²) < 4.78 is 5.50. The van der Waals surface area contributed by atoms with Crippen LogP contribution in [0.5, 0.6) is 0 Å². The lowest BCUT2D eigenvalue weighted by Gasteiger charge is -2.11. The lowest BCUT2D eigenvalue weighted by Crippen LogP contribution is -2.13. The normalized spacial score (nSPS) is 23.6. The van der Waals surface area contributed by atoms with Gasteiger partial charge in [0.1, 0.15) is 17.7 Å². The maximum absolute atomic E-state index is 8.96. The summed E-state index contributed by atoms with van der Waals surface area (Å²) in [6.07, 6.45) is 4.41. The van der Waals surface area contributed by atoms with Crippen LogP contribution >= 0.6 is 0 Å². The molecule has 0 saturated carbocycles. The Bertz CT molecular complexity index is 579. The van der Waals surface area contributed by atoms with Gasteiger partial charge in [0.15, 0.2) is 17.3 Å². The van der Waals surface area contributed by atoms with Gasteiger partial charge in [0, 0.05) is 0 Å². The monoisotopic (exact) mass is 233 g/mol. The number of H-pyrrole nitrogens is 1. The summed E-state index contributed by atoms with van der Waals surface area (Å²) in [6.45, 7) is -0.0624. The highest BCUT2D eigenvalue weighted by molar-refractivity contribution is 5.80. The SMILES string of the molecule is Nc1nc(C2C=C[C@@H](CO)O2)nc2nc[nH]c12. The number of ether oxygens (including phenoxy) is 1. The number of fused-ring (bicyclic) bond motifs is 1. The van der Waals surface area contributed by atoms with E-state index >= 15 is 0 Å². The van der Waals surface area contributed by atoms with Gasteiger partial charge in [-0.05, 0) is 6.08 Å². The van der Waals surface area contributed by atoms with Crippen LogP contribution in [0.3, 0.4) is 0 Å². The Morgan fingerprint density at radius 3 is 3.06 bits per heavy atom. The number of aromatic amines is 1. The van der Waals surface area contributed by atoms with Gasteiger partial charge < -0.3 is 20.6 Å². The van der Waals surface area contributed by atoms with Crippen molar-refractivity contribution in [1.29, 1.82) is 0 Å². The van der Waals surface area contributed by atoms with E-state index in [1.165, 1.54) is 6.33 Å². The molecule has 0 saturated heterocycles. The maximum atomic E-state index is 8.96. The van der Waals surface area contributed by atoms with E-state index < -0.39 is 0 Å². The predicted molar refractivity (Wildman–Crippen MR) is 59.9 cm³/mol. The molecule has 1 aliphatic rings. The van der Waals surface area contributed by atoms with Crippen LogP contribution in [-0.4, -0.2) is 37.8 Å². The van der Waals surface area contributed by atoms with E-state index in [4.69, 9.17) is 15.6 Å². The molecule has 88 valence electrons. The molecule has 0 radical (unpaired) electrons. The standard InChI is InChI=1S/C10H11N5O2/c11-8-7-10(13-4-12-7)15-9(14-8)6-2-1-5(3-16)17-6/h1-2,4-6,16H,3H2,(H3,11,12,13,14,15)/t5-,6?/m0/s1. The molecule has 7 nitrogen and oxygen atoms in total. The second-order valence-corrected chi connectivity index (χ2v) is 3.73. The van der Waals surface area contributed by atoms with Crippen molar-refractivity contribution in [3.63, 3.8) is 0 Å². The number of nitrogens with zero attached hydrogens (tertiary/aromatic N) is 3. The van der Waals surface area contributed by atoms with Gasteiger partial charge in [-0.3, -0.25) is 0 Å². The second-order valence-electron chi connectivity index (χ2n) is 3.73. The van der Waals surface area contributed by atoms with E-state index in [0.29, 0.717) is 22.8 Å². The molecule has 3 heterocycles. The molecule has 0 aliphatic carbocycles. The summed E-state index contributed by atoms with van der Waals surface area (Å²) in [6, 6.07) is 0. The summed E-state index contributed by atoms with van der Waals surface area (Å²) in [5.74, 6) is 0.793. The summed E-state index contributed by atoms with van der Waals surface area (Å²) in [4.78, 5) is 15.3. The fourth-order valence-electron chi connectivity index (χ4n) is 1.76. The van der Waals surface area contributed by atoms with Crippen molar-refractivity contribution in [1.82, 2.24) is 19.9 Å². The number of nitrogens with one attached hydrogen (secondary N) is 1. The maximum Gasteiger partial charge on any atom is 0.183 e. The van der Waals surface area contributed by atoms with Gasteiger partial charge in [-0.2, -0.15) is 0 Å². The van der Waals surface area contributed by atoms with E-state index in [1.807, 2.05) is 0 Å². The number of aliphatic hydroxyl groups is 1. The quantitative estimate of drug-likeness (QED) is 0.626. The summed E-state index contributed by atoms with van der Waals surface area (Å²) >= 11 is 0. The Balaban J connectivity index is 1.98. The third kappa shape index (κ3) is 1.65. The Morgan fingerprint density at radius 1 is 1.41 bits per heavy atom. The van der Waals surface area contributed by atoms with Crippen molar-refractivity contribution < 1.29 is 9.84 Å². The molecule has 0 amide bonds. The van der Waals surface area contributed by atoms with Crippen molar-refractivity contribution in [2.24, 2.45) is 0 Å². The molecule has 2 aromatic rings. The molecule has 1 aliphatic heterocycles. The molecule has 0 aromatic carbocycles. The summed E-state index contributed by atoms with van der Waals surface area (Å²) in [5, 5.41) is 8.96. The Morgan fingerprint density at radius 2 is 2.29 bits per heavy atom. The van der Waals surface area contributed by atoms with E-state index in [2.05, 4.69) is 19.9 Å². The molecule has 0 spiro atoms. The van der Waals surface area contributed by atoms with Crippen molar-refractivity contribution in [2.75, 3.05) is 12.3 Å². The van der Waals surface area contributed by atoms with E-state index in [0.717, 1.165) is 0 Å². The topological polar surface area (TPSA) is 110 Å². The van der Waals surface area contributed by atoms with Gasteiger partial charge in [0.2, 0.25) is 0 Å². The zero-order valence-electron chi connectivity index (χ0n) is 8.87. The number of rotatable bonds is 2. The van der Waals surface area contributed by atoms with Crippen molar-refractivity contribution in [3.05, 3.63) is 24.3 Å². The number of hydrogen-bond acceptors (Lipinski definition) is 6. The lowest BCUT2D eigenvalue weighted by molar-refractivity contribution is 0.0216. The first-order valence-corrected chi connectivity index (χ1v) is 5.19. The van der Waals surface area contributed by atoms with E-state index in [-0.39, 0.29) is 18.8 Å². The minimum atomic E-state index is -0.379. The van der Waals surface area contributed by atoms with Crippen LogP contribution in [0.4, 0.5) is 5.82 Å². The molecule has 3 rings (SSSR count). The number of nitrogens with two attached hydrogens (primary N) is 1.